The molecule has 0 radical (unpaired) electrons. The highest BCUT2D eigenvalue weighted by Crippen LogP contribution is 2.45. The van der Waals surface area contributed by atoms with Crippen molar-refractivity contribution in [2.24, 2.45) is 5.41 Å². The molecule has 1 aliphatic rings. The van der Waals surface area contributed by atoms with Gasteiger partial charge in [0.2, 0.25) is 0 Å². The summed E-state index contributed by atoms with van der Waals surface area (Å²) in [6.07, 6.45) is 1.42. The van der Waals surface area contributed by atoms with Gasteiger partial charge in [-0.2, -0.15) is 0 Å². The number of aromatic nitrogens is 1. The molecule has 0 spiro atoms. The molecule has 250 valence electrons. The maximum atomic E-state index is 13.3. The van der Waals surface area contributed by atoms with E-state index in [1.165, 1.54) is 12.1 Å². The van der Waals surface area contributed by atoms with Gasteiger partial charge in [-0.05, 0) is 81.3 Å². The lowest BCUT2D eigenvalue weighted by Crippen LogP contribution is -2.39. The Bertz CT molecular complexity index is 1440. The Labute approximate surface area is 273 Å². The highest BCUT2D eigenvalue weighted by molar-refractivity contribution is 5.88. The summed E-state index contributed by atoms with van der Waals surface area (Å²) in [6, 6.07) is 14.3. The standard InChI is InChI=1S/C37H50FN3O5/c1-25-31(34(35(42)43)46-36(2,3)4)33(41-20-17-37(5,6)18-21-41)32(30(40-25)24-39-19-23-44-7)27-10-14-29(15-11-27)45-22-16-26-8-12-28(38)13-9-26/h8-15,34,39H,16-24H2,1-7H3,(H,42,43)/t34-/m0/s1. The fourth-order valence-electron chi connectivity index (χ4n) is 5.79. The van der Waals surface area contributed by atoms with Crippen LogP contribution in [0.1, 0.15) is 76.1 Å². The first kappa shape index (κ1) is 35.3. The fourth-order valence-corrected chi connectivity index (χ4v) is 5.79. The molecule has 0 aliphatic carbocycles. The molecule has 0 amide bonds. The molecule has 2 N–H and O–H groups in total. The van der Waals surface area contributed by atoms with Crippen LogP contribution in [0.4, 0.5) is 10.1 Å². The molecule has 1 aromatic heterocycles. The summed E-state index contributed by atoms with van der Waals surface area (Å²) in [4.78, 5) is 20.3. The first-order chi connectivity index (χ1) is 21.8. The predicted octanol–water partition coefficient (Wildman–Crippen LogP) is 7.12. The minimum Gasteiger partial charge on any atom is -0.493 e. The summed E-state index contributed by atoms with van der Waals surface area (Å²) in [5.41, 5.74) is 5.27. The number of aryl methyl sites for hydroxylation is 1. The Morgan fingerprint density at radius 3 is 2.30 bits per heavy atom. The molecule has 46 heavy (non-hydrogen) atoms. The van der Waals surface area contributed by atoms with Gasteiger partial charge in [0.25, 0.3) is 0 Å². The van der Waals surface area contributed by atoms with Crippen LogP contribution in [-0.4, -0.2) is 61.6 Å². The summed E-state index contributed by atoms with van der Waals surface area (Å²) in [5, 5.41) is 14.0. The van der Waals surface area contributed by atoms with Crippen LogP contribution < -0.4 is 15.0 Å². The first-order valence-electron chi connectivity index (χ1n) is 16.1. The van der Waals surface area contributed by atoms with E-state index in [-0.39, 0.29) is 11.2 Å². The van der Waals surface area contributed by atoms with Crippen molar-refractivity contribution in [3.05, 3.63) is 76.9 Å². The van der Waals surface area contributed by atoms with Crippen LogP contribution in [-0.2, 0) is 27.2 Å². The van der Waals surface area contributed by atoms with Crippen molar-refractivity contribution in [1.82, 2.24) is 10.3 Å². The maximum Gasteiger partial charge on any atom is 0.337 e. The second kappa shape index (κ2) is 15.4. The number of halogens is 1. The van der Waals surface area contributed by atoms with Gasteiger partial charge >= 0.3 is 5.97 Å². The van der Waals surface area contributed by atoms with Gasteiger partial charge in [0.15, 0.2) is 6.10 Å². The summed E-state index contributed by atoms with van der Waals surface area (Å²) < 4.78 is 30.8. The van der Waals surface area contributed by atoms with Crippen LogP contribution >= 0.6 is 0 Å². The smallest absolute Gasteiger partial charge is 0.337 e. The highest BCUT2D eigenvalue weighted by Gasteiger charge is 2.37. The molecule has 2 heterocycles. The number of nitrogens with zero attached hydrogens (tertiary/aromatic N) is 2. The number of ether oxygens (including phenoxy) is 3. The number of benzene rings is 2. The molecule has 0 saturated carbocycles. The van der Waals surface area contributed by atoms with Crippen LogP contribution in [0.25, 0.3) is 11.1 Å². The molecule has 1 saturated heterocycles. The van der Waals surface area contributed by atoms with E-state index in [0.717, 1.165) is 54.0 Å². The predicted molar refractivity (Wildman–Crippen MR) is 180 cm³/mol. The second-order valence-corrected chi connectivity index (χ2v) is 13.8. The van der Waals surface area contributed by atoms with E-state index in [4.69, 9.17) is 19.2 Å². The third kappa shape index (κ3) is 9.50. The van der Waals surface area contributed by atoms with Crippen LogP contribution in [0.2, 0.25) is 0 Å². The van der Waals surface area contributed by atoms with E-state index in [2.05, 4.69) is 24.1 Å². The zero-order valence-electron chi connectivity index (χ0n) is 28.4. The van der Waals surface area contributed by atoms with Gasteiger partial charge in [0, 0.05) is 56.5 Å². The Morgan fingerprint density at radius 1 is 1.07 bits per heavy atom. The number of rotatable bonds is 14. The lowest BCUT2D eigenvalue weighted by Gasteiger charge is -2.41. The van der Waals surface area contributed by atoms with Crippen molar-refractivity contribution in [2.45, 2.75) is 79.1 Å². The number of nitrogens with one attached hydrogen (secondary N) is 1. The zero-order valence-corrected chi connectivity index (χ0v) is 28.4. The summed E-state index contributed by atoms with van der Waals surface area (Å²) in [5.74, 6) is -0.582. The third-order valence-corrected chi connectivity index (χ3v) is 8.36. The summed E-state index contributed by atoms with van der Waals surface area (Å²) >= 11 is 0. The van der Waals surface area contributed by atoms with E-state index >= 15 is 0 Å². The largest absolute Gasteiger partial charge is 0.493 e. The van der Waals surface area contributed by atoms with Gasteiger partial charge in [-0.3, -0.25) is 4.98 Å². The molecule has 4 rings (SSSR count). The first-order valence-corrected chi connectivity index (χ1v) is 16.1. The molecule has 9 heteroatoms. The van der Waals surface area contributed by atoms with Gasteiger partial charge in [-0.15, -0.1) is 0 Å². The number of anilines is 1. The van der Waals surface area contributed by atoms with Crippen molar-refractivity contribution < 1.29 is 28.5 Å². The Kier molecular flexibility index (Phi) is 11.8. The van der Waals surface area contributed by atoms with Crippen LogP contribution in [0, 0.1) is 18.2 Å². The molecule has 1 aliphatic heterocycles. The third-order valence-electron chi connectivity index (χ3n) is 8.36. The number of hydrogen-bond acceptors (Lipinski definition) is 7. The van der Waals surface area contributed by atoms with Crippen molar-refractivity contribution in [3.8, 4) is 16.9 Å². The minimum atomic E-state index is -1.19. The quantitative estimate of drug-likeness (QED) is 0.181. The van der Waals surface area contributed by atoms with Gasteiger partial charge < -0.3 is 29.5 Å². The van der Waals surface area contributed by atoms with Crippen molar-refractivity contribution >= 4 is 11.7 Å². The average molecular weight is 636 g/mol. The van der Waals surface area contributed by atoms with E-state index in [0.29, 0.717) is 49.7 Å². The number of carbonyl (C=O) groups is 1. The van der Waals surface area contributed by atoms with Gasteiger partial charge in [0.05, 0.1) is 30.2 Å². The molecule has 2 aromatic carbocycles. The minimum absolute atomic E-state index is 0.199. The molecule has 1 fully saturated rings. The number of hydrogen-bond donors (Lipinski definition) is 2. The Morgan fingerprint density at radius 2 is 1.72 bits per heavy atom. The summed E-state index contributed by atoms with van der Waals surface area (Å²) in [6.45, 7) is 15.8. The summed E-state index contributed by atoms with van der Waals surface area (Å²) in [7, 11) is 1.67. The molecular formula is C37H50FN3O5. The van der Waals surface area contributed by atoms with Crippen LogP contribution in [0.15, 0.2) is 48.5 Å². The number of methoxy groups -OCH3 is 1. The number of pyridine rings is 1. The van der Waals surface area contributed by atoms with Gasteiger partial charge in [-0.25, -0.2) is 9.18 Å². The van der Waals surface area contributed by atoms with Crippen LogP contribution in [0.5, 0.6) is 5.75 Å². The highest BCUT2D eigenvalue weighted by atomic mass is 19.1. The molecule has 8 nitrogen and oxygen atoms in total. The maximum absolute atomic E-state index is 13.3. The Hall–Kier alpha value is -3.53. The molecule has 3 aromatic rings. The van der Waals surface area contributed by atoms with Gasteiger partial charge in [0.1, 0.15) is 11.6 Å². The molecule has 1 atom stereocenters. The fraction of sp³-hybridized carbons (Fsp3) is 0.514. The van der Waals surface area contributed by atoms with Crippen molar-refractivity contribution in [1.29, 1.82) is 0 Å². The molecule has 0 bridgehead atoms. The van der Waals surface area contributed by atoms with E-state index < -0.39 is 17.7 Å². The molecule has 0 unspecified atom stereocenters. The number of carboxylic acids is 1. The SMILES string of the molecule is COCCNCc1nc(C)c([C@H](OC(C)(C)C)C(=O)O)c(N2CCC(C)(C)CC2)c1-c1ccc(OCCc2ccc(F)cc2)cc1. The number of piperidine rings is 1. The average Bonchev–Trinajstić information content (AvgIpc) is 2.99. The van der Waals surface area contributed by atoms with E-state index in [9.17, 15) is 14.3 Å². The van der Waals surface area contributed by atoms with Crippen LogP contribution in [0.3, 0.4) is 0 Å². The van der Waals surface area contributed by atoms with E-state index in [1.807, 2.05) is 52.0 Å². The topological polar surface area (TPSA) is 93.1 Å². The van der Waals surface area contributed by atoms with Gasteiger partial charge in [-0.1, -0.05) is 38.1 Å². The van der Waals surface area contributed by atoms with Crippen molar-refractivity contribution in [2.75, 3.05) is 44.9 Å². The number of aliphatic carboxylic acids is 1. The molecular weight excluding hydrogens is 585 g/mol. The van der Waals surface area contributed by atoms with Crippen molar-refractivity contribution in [3.63, 3.8) is 0 Å². The lowest BCUT2D eigenvalue weighted by molar-refractivity contribution is -0.160. The normalized spacial score (nSPS) is 15.5. The monoisotopic (exact) mass is 635 g/mol. The van der Waals surface area contributed by atoms with E-state index in [1.54, 1.807) is 19.2 Å². The zero-order chi connectivity index (χ0) is 33.5. The Balaban J connectivity index is 1.79. The second-order valence-electron chi connectivity index (χ2n) is 13.8. The number of carboxylic acid groups (broad SMARTS) is 1. The lowest BCUT2D eigenvalue weighted by atomic mass is 9.81.